The number of fused-ring (bicyclic) bond motifs is 4. The van der Waals surface area contributed by atoms with Gasteiger partial charge >= 0.3 is 0 Å². The van der Waals surface area contributed by atoms with Crippen molar-refractivity contribution in [1.82, 2.24) is 19.4 Å². The molecule has 4 heterocycles. The van der Waals surface area contributed by atoms with E-state index < -0.39 is 0 Å². The molecule has 0 N–H and O–H groups in total. The van der Waals surface area contributed by atoms with Crippen molar-refractivity contribution in [2.45, 2.75) is 43.9 Å². The molecule has 0 unspecified atom stereocenters. The third kappa shape index (κ3) is 2.95. The molecule has 0 saturated heterocycles. The van der Waals surface area contributed by atoms with Crippen molar-refractivity contribution in [2.75, 3.05) is 0 Å². The fraction of sp³-hybridized carbons (Fsp3) is 0.300. The van der Waals surface area contributed by atoms with Crippen molar-refractivity contribution in [1.29, 1.82) is 0 Å². The Bertz CT molecular complexity index is 1260. The summed E-state index contributed by atoms with van der Waals surface area (Å²) in [4.78, 5) is 29.0. The first kappa shape index (κ1) is 16.9. The molecular weight excluding hydrogens is 376 g/mol. The van der Waals surface area contributed by atoms with E-state index in [2.05, 4.69) is 9.97 Å². The predicted molar refractivity (Wildman–Crippen MR) is 110 cm³/mol. The normalized spacial score (nSPS) is 13.6. The van der Waals surface area contributed by atoms with E-state index in [4.69, 9.17) is 4.98 Å². The number of hydrogen-bond donors (Lipinski definition) is 0. The van der Waals surface area contributed by atoms with Gasteiger partial charge in [0.1, 0.15) is 21.3 Å². The number of thiophene rings is 1. The van der Waals surface area contributed by atoms with E-state index >= 15 is 0 Å². The SMILES string of the molecule is Cc1ccc2nc(CSc3nc(C)nc4sc5c(c34)CCC5)cc(=O)n2c1. The van der Waals surface area contributed by atoms with Crippen LogP contribution >= 0.6 is 23.1 Å². The molecule has 7 heteroatoms. The van der Waals surface area contributed by atoms with Crippen molar-refractivity contribution < 1.29 is 0 Å². The molecule has 0 aromatic carbocycles. The fourth-order valence-corrected chi connectivity index (χ4v) is 6.01. The first-order chi connectivity index (χ1) is 13.1. The van der Waals surface area contributed by atoms with Crippen molar-refractivity contribution in [2.24, 2.45) is 0 Å². The predicted octanol–water partition coefficient (Wildman–Crippen LogP) is 4.10. The Morgan fingerprint density at radius 2 is 2.07 bits per heavy atom. The van der Waals surface area contributed by atoms with Crippen LogP contribution in [-0.2, 0) is 18.6 Å². The highest BCUT2D eigenvalue weighted by atomic mass is 32.2. The maximum absolute atomic E-state index is 12.4. The minimum absolute atomic E-state index is 0.0419. The van der Waals surface area contributed by atoms with Crippen LogP contribution in [0.5, 0.6) is 0 Å². The largest absolute Gasteiger partial charge is 0.269 e. The Labute approximate surface area is 164 Å². The molecule has 0 bridgehead atoms. The van der Waals surface area contributed by atoms with Gasteiger partial charge in [0.05, 0.1) is 5.69 Å². The van der Waals surface area contributed by atoms with E-state index in [-0.39, 0.29) is 5.56 Å². The lowest BCUT2D eigenvalue weighted by atomic mass is 10.2. The average molecular weight is 395 g/mol. The zero-order chi connectivity index (χ0) is 18.5. The lowest BCUT2D eigenvalue weighted by molar-refractivity contribution is 0.914. The summed E-state index contributed by atoms with van der Waals surface area (Å²) >= 11 is 3.46. The lowest BCUT2D eigenvalue weighted by Gasteiger charge is -2.07. The van der Waals surface area contributed by atoms with Crippen LogP contribution in [0.2, 0.25) is 0 Å². The Balaban J connectivity index is 1.52. The van der Waals surface area contributed by atoms with E-state index in [1.807, 2.05) is 43.5 Å². The molecule has 4 aromatic rings. The van der Waals surface area contributed by atoms with Crippen LogP contribution in [0.15, 0.2) is 34.2 Å². The van der Waals surface area contributed by atoms with E-state index in [1.54, 1.807) is 22.2 Å². The molecule has 1 aliphatic carbocycles. The number of aryl methyl sites for hydroxylation is 4. The third-order valence-corrected chi connectivity index (χ3v) is 7.06. The van der Waals surface area contributed by atoms with Gasteiger partial charge in [0.2, 0.25) is 0 Å². The van der Waals surface area contributed by atoms with Gasteiger partial charge in [-0.25, -0.2) is 15.0 Å². The number of thioether (sulfide) groups is 1. The Hall–Kier alpha value is -2.25. The number of pyridine rings is 1. The average Bonchev–Trinajstić information content (AvgIpc) is 3.21. The van der Waals surface area contributed by atoms with Crippen LogP contribution in [0.4, 0.5) is 0 Å². The van der Waals surface area contributed by atoms with E-state index in [1.165, 1.54) is 22.2 Å². The second-order valence-electron chi connectivity index (χ2n) is 6.92. The van der Waals surface area contributed by atoms with E-state index in [0.717, 1.165) is 39.8 Å². The highest BCUT2D eigenvalue weighted by Crippen LogP contribution is 2.40. The molecular formula is C20H18N4OS2. The standard InChI is InChI=1S/C20H18N4OS2/c1-11-6-7-16-23-13(8-17(25)24(16)9-11)10-26-19-18-14-4-3-5-15(14)27-20(18)22-12(2)21-19/h6-9H,3-5,10H2,1-2H3. The molecule has 0 aliphatic heterocycles. The van der Waals surface area contributed by atoms with E-state index in [0.29, 0.717) is 11.4 Å². The molecule has 136 valence electrons. The molecule has 0 amide bonds. The van der Waals surface area contributed by atoms with Gasteiger partial charge in [0.25, 0.3) is 5.56 Å². The molecule has 5 nitrogen and oxygen atoms in total. The van der Waals surface area contributed by atoms with Gasteiger partial charge in [-0.15, -0.1) is 11.3 Å². The molecule has 4 aromatic heterocycles. The van der Waals surface area contributed by atoms with Gasteiger partial charge in [-0.3, -0.25) is 9.20 Å². The van der Waals surface area contributed by atoms with Crippen molar-refractivity contribution >= 4 is 39.0 Å². The molecule has 0 radical (unpaired) electrons. The molecule has 27 heavy (non-hydrogen) atoms. The smallest absolute Gasteiger partial charge is 0.258 e. The first-order valence-corrected chi connectivity index (χ1v) is 10.8. The second-order valence-corrected chi connectivity index (χ2v) is 8.97. The molecule has 1 aliphatic rings. The minimum Gasteiger partial charge on any atom is -0.269 e. The van der Waals surface area contributed by atoms with Crippen molar-refractivity contribution in [3.8, 4) is 0 Å². The molecule has 0 spiro atoms. The summed E-state index contributed by atoms with van der Waals surface area (Å²) < 4.78 is 1.60. The van der Waals surface area contributed by atoms with Gasteiger partial charge in [-0.2, -0.15) is 0 Å². The Morgan fingerprint density at radius 1 is 1.19 bits per heavy atom. The summed E-state index contributed by atoms with van der Waals surface area (Å²) in [6, 6.07) is 5.50. The minimum atomic E-state index is -0.0419. The third-order valence-electron chi connectivity index (χ3n) is 4.86. The maximum Gasteiger partial charge on any atom is 0.258 e. The number of nitrogens with zero attached hydrogens (tertiary/aromatic N) is 4. The Kier molecular flexibility index (Phi) is 4.02. The summed E-state index contributed by atoms with van der Waals surface area (Å²) in [5.41, 5.74) is 3.90. The monoisotopic (exact) mass is 394 g/mol. The molecule has 0 fully saturated rings. The summed E-state index contributed by atoms with van der Waals surface area (Å²) in [7, 11) is 0. The zero-order valence-electron chi connectivity index (χ0n) is 15.2. The summed E-state index contributed by atoms with van der Waals surface area (Å²) in [6.45, 7) is 3.91. The van der Waals surface area contributed by atoms with Crippen LogP contribution in [0.25, 0.3) is 15.9 Å². The lowest BCUT2D eigenvalue weighted by Crippen LogP contribution is -2.15. The molecule has 5 rings (SSSR count). The second kappa shape index (κ2) is 6.42. The fourth-order valence-electron chi connectivity index (χ4n) is 3.64. The topological polar surface area (TPSA) is 60.2 Å². The van der Waals surface area contributed by atoms with Crippen LogP contribution in [-0.4, -0.2) is 19.4 Å². The van der Waals surface area contributed by atoms with Crippen molar-refractivity contribution in [3.05, 3.63) is 62.3 Å². The van der Waals surface area contributed by atoms with Gasteiger partial charge < -0.3 is 0 Å². The number of aromatic nitrogens is 4. The highest BCUT2D eigenvalue weighted by Gasteiger charge is 2.22. The van der Waals surface area contributed by atoms with Crippen molar-refractivity contribution in [3.63, 3.8) is 0 Å². The molecule has 0 atom stereocenters. The van der Waals surface area contributed by atoms with Crippen LogP contribution in [0.1, 0.15) is 33.9 Å². The van der Waals surface area contributed by atoms with Gasteiger partial charge in [-0.05, 0) is 50.3 Å². The van der Waals surface area contributed by atoms with Crippen LogP contribution in [0.3, 0.4) is 0 Å². The summed E-state index contributed by atoms with van der Waals surface area (Å²) in [5.74, 6) is 1.42. The Morgan fingerprint density at radius 3 is 2.96 bits per heavy atom. The zero-order valence-corrected chi connectivity index (χ0v) is 16.8. The van der Waals surface area contributed by atoms with E-state index in [9.17, 15) is 4.79 Å². The number of hydrogen-bond acceptors (Lipinski definition) is 6. The highest BCUT2D eigenvalue weighted by molar-refractivity contribution is 7.98. The van der Waals surface area contributed by atoms with Gasteiger partial charge in [-0.1, -0.05) is 17.8 Å². The van der Waals surface area contributed by atoms with Crippen LogP contribution in [0, 0.1) is 13.8 Å². The van der Waals surface area contributed by atoms with Gasteiger partial charge in [0.15, 0.2) is 0 Å². The maximum atomic E-state index is 12.4. The quantitative estimate of drug-likeness (QED) is 0.387. The number of rotatable bonds is 3. The summed E-state index contributed by atoms with van der Waals surface area (Å²) in [6.07, 6.45) is 5.32. The van der Waals surface area contributed by atoms with Crippen LogP contribution < -0.4 is 5.56 Å². The van der Waals surface area contributed by atoms with Gasteiger partial charge in [0, 0.05) is 28.3 Å². The molecule has 0 saturated carbocycles. The summed E-state index contributed by atoms with van der Waals surface area (Å²) in [5, 5.41) is 2.24. The first-order valence-electron chi connectivity index (χ1n) is 8.99.